The second kappa shape index (κ2) is 8.20. The quantitative estimate of drug-likeness (QED) is 0.635. The molecule has 0 bridgehead atoms. The third kappa shape index (κ3) is 4.14. The predicted octanol–water partition coefficient (Wildman–Crippen LogP) is 4.50. The van der Waals surface area contributed by atoms with Gasteiger partial charge in [0.15, 0.2) is 11.5 Å². The molecule has 0 saturated carbocycles. The van der Waals surface area contributed by atoms with Crippen molar-refractivity contribution in [3.8, 4) is 23.0 Å². The molecule has 0 aliphatic rings. The Balaban J connectivity index is 1.78. The lowest BCUT2D eigenvalue weighted by molar-refractivity contribution is 0.102. The molecule has 3 aromatic rings. The molecule has 0 spiro atoms. The monoisotopic (exact) mass is 393 g/mol. The summed E-state index contributed by atoms with van der Waals surface area (Å²) in [6, 6.07) is 8.59. The predicted molar refractivity (Wildman–Crippen MR) is 99.4 cm³/mol. The van der Waals surface area contributed by atoms with Crippen molar-refractivity contribution in [1.82, 2.24) is 10.2 Å². The number of benzene rings is 1. The maximum absolute atomic E-state index is 12.1. The molecule has 0 radical (unpaired) electrons. The minimum atomic E-state index is -0.362. The first kappa shape index (κ1) is 18.2. The van der Waals surface area contributed by atoms with Crippen molar-refractivity contribution in [2.75, 3.05) is 18.5 Å². The molecule has 9 heteroatoms. The number of halogens is 1. The van der Waals surface area contributed by atoms with Gasteiger partial charge in [-0.1, -0.05) is 16.7 Å². The van der Waals surface area contributed by atoms with Crippen LogP contribution in [-0.2, 0) is 0 Å². The molecule has 0 saturated heterocycles. The van der Waals surface area contributed by atoms with Gasteiger partial charge in [-0.3, -0.25) is 10.1 Å². The topological polar surface area (TPSA) is 86.5 Å². The highest BCUT2D eigenvalue weighted by molar-refractivity contribution is 7.18. The molecule has 0 aliphatic heterocycles. The number of thiophene rings is 1. The first-order valence-corrected chi connectivity index (χ1v) is 9.10. The van der Waals surface area contributed by atoms with Gasteiger partial charge in [-0.25, -0.2) is 0 Å². The van der Waals surface area contributed by atoms with Crippen molar-refractivity contribution < 1.29 is 18.7 Å². The van der Waals surface area contributed by atoms with Crippen LogP contribution in [0, 0.1) is 0 Å². The summed E-state index contributed by atoms with van der Waals surface area (Å²) < 4.78 is 17.2. The number of hydrogen-bond donors (Lipinski definition) is 1. The van der Waals surface area contributed by atoms with Gasteiger partial charge in [-0.2, -0.15) is 0 Å². The Kier molecular flexibility index (Phi) is 5.75. The van der Waals surface area contributed by atoms with E-state index in [1.165, 1.54) is 11.3 Å². The number of nitrogens with zero attached hydrogens (tertiary/aromatic N) is 2. The maximum Gasteiger partial charge on any atom is 0.322 e. The van der Waals surface area contributed by atoms with Crippen LogP contribution in [0.15, 0.2) is 34.7 Å². The fourth-order valence-electron chi connectivity index (χ4n) is 2.17. The molecule has 7 nitrogen and oxygen atoms in total. The van der Waals surface area contributed by atoms with Crippen LogP contribution >= 0.6 is 22.9 Å². The van der Waals surface area contributed by atoms with E-state index in [1.54, 1.807) is 30.3 Å². The molecule has 0 fully saturated rings. The zero-order chi connectivity index (χ0) is 18.5. The van der Waals surface area contributed by atoms with Crippen LogP contribution in [0.2, 0.25) is 4.34 Å². The molecule has 3 rings (SSSR count). The lowest BCUT2D eigenvalue weighted by Crippen LogP contribution is -2.10. The largest absolute Gasteiger partial charge is 0.490 e. The number of aromatic nitrogens is 2. The van der Waals surface area contributed by atoms with Crippen LogP contribution in [0.5, 0.6) is 11.5 Å². The Hall–Kier alpha value is -2.58. The Morgan fingerprint density at radius 3 is 2.62 bits per heavy atom. The van der Waals surface area contributed by atoms with E-state index >= 15 is 0 Å². The van der Waals surface area contributed by atoms with E-state index in [1.807, 2.05) is 13.8 Å². The van der Waals surface area contributed by atoms with Gasteiger partial charge in [0.1, 0.15) is 0 Å². The van der Waals surface area contributed by atoms with E-state index in [-0.39, 0.29) is 17.8 Å². The van der Waals surface area contributed by atoms with E-state index in [2.05, 4.69) is 15.5 Å². The number of hydrogen-bond acceptors (Lipinski definition) is 7. The molecule has 136 valence electrons. The minimum Gasteiger partial charge on any atom is -0.490 e. The zero-order valence-electron chi connectivity index (χ0n) is 14.1. The van der Waals surface area contributed by atoms with Gasteiger partial charge >= 0.3 is 6.01 Å². The summed E-state index contributed by atoms with van der Waals surface area (Å²) >= 11 is 7.00. The summed E-state index contributed by atoms with van der Waals surface area (Å²) in [5.74, 6) is 1.12. The molecule has 2 aromatic heterocycles. The summed E-state index contributed by atoms with van der Waals surface area (Å²) in [5.41, 5.74) is 0.657. The molecule has 0 aliphatic carbocycles. The normalized spacial score (nSPS) is 10.6. The Bertz CT molecular complexity index is 909. The number of carbonyl (C=O) groups excluding carboxylic acids is 1. The molecule has 1 aromatic carbocycles. The maximum atomic E-state index is 12.1. The number of rotatable bonds is 7. The van der Waals surface area contributed by atoms with Crippen LogP contribution in [0.25, 0.3) is 11.5 Å². The van der Waals surface area contributed by atoms with Crippen molar-refractivity contribution in [3.63, 3.8) is 0 Å². The second-order valence-corrected chi connectivity index (χ2v) is 6.71. The van der Waals surface area contributed by atoms with E-state index in [0.717, 1.165) is 0 Å². The third-order valence-electron chi connectivity index (χ3n) is 3.23. The van der Waals surface area contributed by atoms with E-state index in [4.69, 9.17) is 25.5 Å². The summed E-state index contributed by atoms with van der Waals surface area (Å²) in [6.07, 6.45) is 0. The summed E-state index contributed by atoms with van der Waals surface area (Å²) in [4.78, 5) is 12.6. The molecule has 26 heavy (non-hydrogen) atoms. The van der Waals surface area contributed by atoms with Gasteiger partial charge in [0.05, 0.1) is 22.4 Å². The highest BCUT2D eigenvalue weighted by atomic mass is 35.5. The summed E-state index contributed by atoms with van der Waals surface area (Å²) in [6.45, 7) is 4.82. The average molecular weight is 394 g/mol. The molecular weight excluding hydrogens is 378 g/mol. The van der Waals surface area contributed by atoms with Gasteiger partial charge in [-0.05, 0) is 44.2 Å². The van der Waals surface area contributed by atoms with Gasteiger partial charge in [0.2, 0.25) is 5.89 Å². The SMILES string of the molecule is CCOc1ccc(-c2nnc(NC(=O)c3ccc(Cl)s3)o2)cc1OCC. The van der Waals surface area contributed by atoms with Crippen molar-refractivity contribution in [2.24, 2.45) is 0 Å². The average Bonchev–Trinajstić information content (AvgIpc) is 3.26. The molecule has 0 atom stereocenters. The lowest BCUT2D eigenvalue weighted by atomic mass is 10.2. The third-order valence-corrected chi connectivity index (χ3v) is 4.46. The fraction of sp³-hybridized carbons (Fsp3) is 0.235. The van der Waals surface area contributed by atoms with Gasteiger partial charge in [-0.15, -0.1) is 16.4 Å². The van der Waals surface area contributed by atoms with E-state index in [0.29, 0.717) is 39.5 Å². The van der Waals surface area contributed by atoms with Gasteiger partial charge in [0, 0.05) is 5.56 Å². The first-order chi connectivity index (χ1) is 12.6. The lowest BCUT2D eigenvalue weighted by Gasteiger charge is -2.11. The van der Waals surface area contributed by atoms with Crippen molar-refractivity contribution in [1.29, 1.82) is 0 Å². The Labute approximate surface area is 158 Å². The van der Waals surface area contributed by atoms with Crippen molar-refractivity contribution in [3.05, 3.63) is 39.5 Å². The number of anilines is 1. The Morgan fingerprint density at radius 2 is 1.92 bits per heavy atom. The molecular formula is C17H16ClN3O4S. The Morgan fingerprint density at radius 1 is 1.15 bits per heavy atom. The molecule has 0 unspecified atom stereocenters. The van der Waals surface area contributed by atoms with Crippen LogP contribution in [0.3, 0.4) is 0 Å². The smallest absolute Gasteiger partial charge is 0.322 e. The molecule has 1 amide bonds. The van der Waals surface area contributed by atoms with Gasteiger partial charge in [0.25, 0.3) is 5.91 Å². The second-order valence-electron chi connectivity index (χ2n) is 5.00. The standard InChI is InChI=1S/C17H16ClN3O4S/c1-3-23-11-6-5-10(9-12(11)24-4-2)16-20-21-17(25-16)19-15(22)13-7-8-14(18)26-13/h5-9H,3-4H2,1-2H3,(H,19,21,22). The number of carbonyl (C=O) groups is 1. The molecule has 1 N–H and O–H groups in total. The van der Waals surface area contributed by atoms with Crippen LogP contribution in [0.1, 0.15) is 23.5 Å². The minimum absolute atomic E-state index is 0.00127. The highest BCUT2D eigenvalue weighted by Gasteiger charge is 2.16. The summed E-state index contributed by atoms with van der Waals surface area (Å²) in [7, 11) is 0. The fourth-order valence-corrected chi connectivity index (χ4v) is 3.11. The molecule has 2 heterocycles. The van der Waals surface area contributed by atoms with Crippen LogP contribution in [-0.4, -0.2) is 29.3 Å². The van der Waals surface area contributed by atoms with Gasteiger partial charge < -0.3 is 13.9 Å². The number of nitrogens with one attached hydrogen (secondary N) is 1. The zero-order valence-corrected chi connectivity index (χ0v) is 15.7. The first-order valence-electron chi connectivity index (χ1n) is 7.91. The van der Waals surface area contributed by atoms with Crippen molar-refractivity contribution in [2.45, 2.75) is 13.8 Å². The van der Waals surface area contributed by atoms with Crippen LogP contribution < -0.4 is 14.8 Å². The van der Waals surface area contributed by atoms with E-state index in [9.17, 15) is 4.79 Å². The van der Waals surface area contributed by atoms with E-state index < -0.39 is 0 Å². The number of amides is 1. The number of ether oxygens (including phenoxy) is 2. The van der Waals surface area contributed by atoms with Crippen LogP contribution in [0.4, 0.5) is 6.01 Å². The highest BCUT2D eigenvalue weighted by Crippen LogP contribution is 2.33. The van der Waals surface area contributed by atoms with Crippen molar-refractivity contribution >= 4 is 34.9 Å². The summed E-state index contributed by atoms with van der Waals surface area (Å²) in [5, 5.41) is 10.4.